The van der Waals surface area contributed by atoms with Gasteiger partial charge in [0.05, 0.1) is 0 Å². The summed E-state index contributed by atoms with van der Waals surface area (Å²) in [4.78, 5) is 3.35. The van der Waals surface area contributed by atoms with Crippen LogP contribution in [0.4, 0.5) is 0 Å². The van der Waals surface area contributed by atoms with Crippen LogP contribution in [0.15, 0.2) is 48.7 Å². The van der Waals surface area contributed by atoms with Gasteiger partial charge in [-0.25, -0.2) is 0 Å². The predicted octanol–water partition coefficient (Wildman–Crippen LogP) is 3.48. The molecule has 2 heterocycles. The highest BCUT2D eigenvalue weighted by Crippen LogP contribution is 2.30. The number of fused-ring (bicyclic) bond motifs is 2. The van der Waals surface area contributed by atoms with Crippen molar-refractivity contribution < 1.29 is 0 Å². The van der Waals surface area contributed by atoms with Crippen molar-refractivity contribution >= 4 is 10.9 Å². The van der Waals surface area contributed by atoms with E-state index in [1.807, 2.05) is 0 Å². The maximum Gasteiger partial charge on any atom is 0.0460 e. The Bertz CT molecular complexity index is 740. The first-order valence-corrected chi connectivity index (χ1v) is 6.81. The number of para-hydroxylation sites is 1. The van der Waals surface area contributed by atoms with Crippen molar-refractivity contribution in [1.82, 2.24) is 10.3 Å². The predicted molar refractivity (Wildman–Crippen MR) is 79.1 cm³/mol. The van der Waals surface area contributed by atoms with Crippen LogP contribution in [0.3, 0.4) is 0 Å². The second-order valence-electron chi connectivity index (χ2n) is 5.16. The molecule has 0 saturated carbocycles. The van der Waals surface area contributed by atoms with E-state index in [2.05, 4.69) is 59.0 Å². The fraction of sp³-hybridized carbons (Fsp3) is 0.176. The monoisotopic (exact) mass is 248 g/mol. The first-order chi connectivity index (χ1) is 9.42. The SMILES string of the molecule is c1ccc2c(-c3ccc4c(c3)CCNC4)c[nH]c2c1. The summed E-state index contributed by atoms with van der Waals surface area (Å²) in [6.07, 6.45) is 3.25. The summed E-state index contributed by atoms with van der Waals surface area (Å²) in [6.45, 7) is 2.09. The van der Waals surface area contributed by atoms with Gasteiger partial charge in [0.25, 0.3) is 0 Å². The molecule has 4 rings (SSSR count). The van der Waals surface area contributed by atoms with Crippen LogP contribution in [-0.2, 0) is 13.0 Å². The van der Waals surface area contributed by atoms with Gasteiger partial charge in [0.15, 0.2) is 0 Å². The molecule has 0 radical (unpaired) electrons. The lowest BCUT2D eigenvalue weighted by atomic mass is 9.95. The molecule has 1 aromatic heterocycles. The standard InChI is InChI=1S/C17H16N2/c1-2-4-17-15(3-1)16(11-19-17)13-5-6-14-10-18-8-7-12(14)9-13/h1-6,9,11,18-19H,7-8,10H2. The Morgan fingerprint density at radius 2 is 1.89 bits per heavy atom. The zero-order valence-corrected chi connectivity index (χ0v) is 10.7. The fourth-order valence-electron chi connectivity index (χ4n) is 2.96. The third kappa shape index (κ3) is 1.76. The van der Waals surface area contributed by atoms with Crippen molar-refractivity contribution in [3.05, 3.63) is 59.8 Å². The molecule has 0 aliphatic carbocycles. The van der Waals surface area contributed by atoms with E-state index in [-0.39, 0.29) is 0 Å². The molecule has 2 nitrogen and oxygen atoms in total. The van der Waals surface area contributed by atoms with Gasteiger partial charge in [0, 0.05) is 29.2 Å². The van der Waals surface area contributed by atoms with Crippen molar-refractivity contribution in [1.29, 1.82) is 0 Å². The fourth-order valence-corrected chi connectivity index (χ4v) is 2.96. The number of aromatic nitrogens is 1. The highest BCUT2D eigenvalue weighted by molar-refractivity contribution is 5.95. The largest absolute Gasteiger partial charge is 0.361 e. The van der Waals surface area contributed by atoms with E-state index in [4.69, 9.17) is 0 Å². The van der Waals surface area contributed by atoms with Gasteiger partial charge in [0.1, 0.15) is 0 Å². The molecule has 94 valence electrons. The van der Waals surface area contributed by atoms with Gasteiger partial charge in [-0.05, 0) is 35.7 Å². The number of aromatic amines is 1. The van der Waals surface area contributed by atoms with Gasteiger partial charge >= 0.3 is 0 Å². The minimum Gasteiger partial charge on any atom is -0.361 e. The quantitative estimate of drug-likeness (QED) is 0.678. The zero-order chi connectivity index (χ0) is 12.7. The van der Waals surface area contributed by atoms with Crippen LogP contribution < -0.4 is 5.32 Å². The molecule has 0 saturated heterocycles. The summed E-state index contributed by atoms with van der Waals surface area (Å²) in [5.41, 5.74) is 6.75. The smallest absolute Gasteiger partial charge is 0.0460 e. The summed E-state index contributed by atoms with van der Waals surface area (Å²) >= 11 is 0. The Balaban J connectivity index is 1.88. The molecule has 0 spiro atoms. The van der Waals surface area contributed by atoms with E-state index in [1.165, 1.54) is 33.2 Å². The van der Waals surface area contributed by atoms with Crippen LogP contribution in [0.5, 0.6) is 0 Å². The Hall–Kier alpha value is -2.06. The molecular weight excluding hydrogens is 232 g/mol. The molecule has 0 fully saturated rings. The first kappa shape index (κ1) is 10.8. The number of rotatable bonds is 1. The topological polar surface area (TPSA) is 27.8 Å². The maximum absolute atomic E-state index is 3.42. The maximum atomic E-state index is 3.42. The van der Waals surface area contributed by atoms with Crippen LogP contribution in [0.1, 0.15) is 11.1 Å². The van der Waals surface area contributed by atoms with E-state index < -0.39 is 0 Å². The number of nitrogens with one attached hydrogen (secondary N) is 2. The average molecular weight is 248 g/mol. The minimum atomic E-state index is 1.00. The Morgan fingerprint density at radius 1 is 0.947 bits per heavy atom. The second-order valence-corrected chi connectivity index (χ2v) is 5.16. The summed E-state index contributed by atoms with van der Waals surface area (Å²) in [7, 11) is 0. The van der Waals surface area contributed by atoms with Crippen molar-refractivity contribution in [3.8, 4) is 11.1 Å². The van der Waals surface area contributed by atoms with Crippen LogP contribution in [0, 0.1) is 0 Å². The molecule has 19 heavy (non-hydrogen) atoms. The molecule has 0 amide bonds. The van der Waals surface area contributed by atoms with Gasteiger partial charge in [-0.1, -0.05) is 36.4 Å². The lowest BCUT2D eigenvalue weighted by Gasteiger charge is -2.17. The normalized spacial score (nSPS) is 14.5. The average Bonchev–Trinajstić information content (AvgIpc) is 2.91. The molecule has 2 aromatic carbocycles. The van der Waals surface area contributed by atoms with E-state index in [1.54, 1.807) is 0 Å². The molecule has 0 bridgehead atoms. The lowest BCUT2D eigenvalue weighted by Crippen LogP contribution is -2.23. The second kappa shape index (κ2) is 4.25. The number of benzene rings is 2. The van der Waals surface area contributed by atoms with Crippen molar-refractivity contribution in [3.63, 3.8) is 0 Å². The van der Waals surface area contributed by atoms with Gasteiger partial charge in [-0.3, -0.25) is 0 Å². The van der Waals surface area contributed by atoms with Crippen LogP contribution >= 0.6 is 0 Å². The highest BCUT2D eigenvalue weighted by Gasteiger charge is 2.11. The minimum absolute atomic E-state index is 1.00. The van der Waals surface area contributed by atoms with Crippen LogP contribution in [0.25, 0.3) is 22.0 Å². The third-order valence-corrected chi connectivity index (χ3v) is 3.99. The van der Waals surface area contributed by atoms with Crippen LogP contribution in [-0.4, -0.2) is 11.5 Å². The van der Waals surface area contributed by atoms with E-state index in [9.17, 15) is 0 Å². The van der Waals surface area contributed by atoms with Gasteiger partial charge < -0.3 is 10.3 Å². The molecule has 2 heteroatoms. The molecule has 2 N–H and O–H groups in total. The highest BCUT2D eigenvalue weighted by atomic mass is 14.9. The first-order valence-electron chi connectivity index (χ1n) is 6.81. The Kier molecular flexibility index (Phi) is 2.42. The van der Waals surface area contributed by atoms with E-state index in [0.29, 0.717) is 0 Å². The molecule has 3 aromatic rings. The summed E-state index contributed by atoms with van der Waals surface area (Å²) in [5.74, 6) is 0. The Morgan fingerprint density at radius 3 is 2.89 bits per heavy atom. The van der Waals surface area contributed by atoms with Crippen molar-refractivity contribution in [2.75, 3.05) is 6.54 Å². The van der Waals surface area contributed by atoms with Gasteiger partial charge in [0.2, 0.25) is 0 Å². The summed E-state index contributed by atoms with van der Waals surface area (Å²) in [5, 5.41) is 4.72. The number of hydrogen-bond donors (Lipinski definition) is 2. The summed E-state index contributed by atoms with van der Waals surface area (Å²) in [6, 6.07) is 15.3. The summed E-state index contributed by atoms with van der Waals surface area (Å²) < 4.78 is 0. The van der Waals surface area contributed by atoms with Gasteiger partial charge in [-0.15, -0.1) is 0 Å². The van der Waals surface area contributed by atoms with Crippen molar-refractivity contribution in [2.24, 2.45) is 0 Å². The zero-order valence-electron chi connectivity index (χ0n) is 10.7. The van der Waals surface area contributed by atoms with Crippen LogP contribution in [0.2, 0.25) is 0 Å². The lowest BCUT2D eigenvalue weighted by molar-refractivity contribution is 0.644. The van der Waals surface area contributed by atoms with E-state index in [0.717, 1.165) is 19.5 Å². The van der Waals surface area contributed by atoms with Crippen molar-refractivity contribution in [2.45, 2.75) is 13.0 Å². The van der Waals surface area contributed by atoms with E-state index >= 15 is 0 Å². The number of H-pyrrole nitrogens is 1. The Labute approximate surface area is 112 Å². The molecular formula is C17H16N2. The molecule has 1 aliphatic rings. The van der Waals surface area contributed by atoms with Gasteiger partial charge in [-0.2, -0.15) is 0 Å². The third-order valence-electron chi connectivity index (χ3n) is 3.99. The molecule has 0 atom stereocenters. The molecule has 0 unspecified atom stereocenters. The number of hydrogen-bond acceptors (Lipinski definition) is 1. The molecule has 1 aliphatic heterocycles.